The average molecular weight is 319 g/mol. The van der Waals surface area contributed by atoms with Crippen LogP contribution in [0.15, 0.2) is 42.0 Å². The Balaban J connectivity index is 2.32. The van der Waals surface area contributed by atoms with Crippen LogP contribution in [0.3, 0.4) is 0 Å². The van der Waals surface area contributed by atoms with Crippen LogP contribution in [0.4, 0.5) is 0 Å². The molecule has 0 aliphatic carbocycles. The van der Waals surface area contributed by atoms with Gasteiger partial charge in [0.2, 0.25) is 11.8 Å². The Morgan fingerprint density at radius 3 is 2.65 bits per heavy atom. The summed E-state index contributed by atoms with van der Waals surface area (Å²) in [5.41, 5.74) is 3.09. The molecule has 2 N–H and O–H groups in total. The maximum absolute atomic E-state index is 11.5. The van der Waals surface area contributed by atoms with Gasteiger partial charge in [-0.15, -0.1) is 0 Å². The second kappa shape index (κ2) is 11.0. The van der Waals surface area contributed by atoms with Crippen molar-refractivity contribution in [1.82, 2.24) is 10.7 Å². The third-order valence-corrected chi connectivity index (χ3v) is 2.60. The Hall–Kier alpha value is -2.67. The van der Waals surface area contributed by atoms with Gasteiger partial charge in [0.1, 0.15) is 18.8 Å². The van der Waals surface area contributed by atoms with Gasteiger partial charge in [-0.05, 0) is 29.8 Å². The van der Waals surface area contributed by atoms with Crippen LogP contribution in [-0.4, -0.2) is 44.9 Å². The minimum atomic E-state index is -0.484. The Bertz CT molecular complexity index is 541. The van der Waals surface area contributed by atoms with Crippen LogP contribution in [0.25, 0.3) is 0 Å². The van der Waals surface area contributed by atoms with Gasteiger partial charge in [0.25, 0.3) is 0 Å². The second-order valence-electron chi connectivity index (χ2n) is 4.48. The highest BCUT2D eigenvalue weighted by atomic mass is 16.5. The number of methoxy groups -OCH3 is 1. The van der Waals surface area contributed by atoms with Crippen molar-refractivity contribution in [3.63, 3.8) is 0 Å². The molecular formula is C16H21N3O4. The summed E-state index contributed by atoms with van der Waals surface area (Å²) in [6.07, 6.45) is 2.86. The van der Waals surface area contributed by atoms with Gasteiger partial charge >= 0.3 is 0 Å². The molecule has 0 saturated heterocycles. The lowest BCUT2D eigenvalue weighted by Gasteiger charge is -2.04. The maximum Gasteiger partial charge on any atom is 0.249 e. The molecular weight excluding hydrogens is 298 g/mol. The van der Waals surface area contributed by atoms with E-state index in [4.69, 9.17) is 9.47 Å². The van der Waals surface area contributed by atoms with Crippen LogP contribution in [0.1, 0.15) is 12.0 Å². The first-order valence-corrected chi connectivity index (χ1v) is 7.07. The van der Waals surface area contributed by atoms with E-state index < -0.39 is 5.91 Å². The maximum atomic E-state index is 11.5. The van der Waals surface area contributed by atoms with Gasteiger partial charge in [-0.1, -0.05) is 12.7 Å². The first kappa shape index (κ1) is 18.4. The highest BCUT2D eigenvalue weighted by Crippen LogP contribution is 2.10. The average Bonchev–Trinajstić information content (AvgIpc) is 2.54. The largest absolute Gasteiger partial charge is 0.490 e. The molecule has 0 saturated carbocycles. The van der Waals surface area contributed by atoms with Crippen LogP contribution in [0.2, 0.25) is 0 Å². The van der Waals surface area contributed by atoms with Gasteiger partial charge in [-0.25, -0.2) is 5.43 Å². The number of rotatable bonds is 10. The predicted molar refractivity (Wildman–Crippen MR) is 87.4 cm³/mol. The van der Waals surface area contributed by atoms with Crippen molar-refractivity contribution in [1.29, 1.82) is 0 Å². The molecule has 0 spiro atoms. The lowest BCUT2D eigenvalue weighted by molar-refractivity contribution is -0.129. The molecule has 2 amide bonds. The number of carbonyl (C=O) groups is 2. The third-order valence-electron chi connectivity index (χ3n) is 2.60. The molecule has 7 nitrogen and oxygen atoms in total. The molecule has 7 heteroatoms. The van der Waals surface area contributed by atoms with Crippen LogP contribution in [0.5, 0.6) is 5.75 Å². The number of carbonyl (C=O) groups excluding carboxylic acids is 2. The summed E-state index contributed by atoms with van der Waals surface area (Å²) in [6, 6.07) is 7.17. The minimum absolute atomic E-state index is 0.282. The first-order valence-electron chi connectivity index (χ1n) is 7.07. The summed E-state index contributed by atoms with van der Waals surface area (Å²) in [6.45, 7) is 4.78. The number of ether oxygens (including phenoxy) is 2. The van der Waals surface area contributed by atoms with Crippen LogP contribution in [0, 0.1) is 0 Å². The smallest absolute Gasteiger partial charge is 0.249 e. The number of nitrogens with zero attached hydrogens (tertiary/aromatic N) is 1. The summed E-state index contributed by atoms with van der Waals surface area (Å²) >= 11 is 0. The van der Waals surface area contributed by atoms with Crippen molar-refractivity contribution in [3.05, 3.63) is 42.5 Å². The number of hydrogen-bond acceptors (Lipinski definition) is 5. The fourth-order valence-corrected chi connectivity index (χ4v) is 1.52. The fourth-order valence-electron chi connectivity index (χ4n) is 1.52. The normalized spacial score (nSPS) is 10.3. The molecule has 0 unspecified atom stereocenters. The number of nitrogens with one attached hydrogen (secondary N) is 2. The monoisotopic (exact) mass is 319 g/mol. The molecule has 0 aromatic heterocycles. The minimum Gasteiger partial charge on any atom is -0.490 e. The summed E-state index contributed by atoms with van der Waals surface area (Å²) in [5.74, 6) is -0.139. The quantitative estimate of drug-likeness (QED) is 0.220. The molecule has 1 aromatic rings. The fraction of sp³-hybridized carbons (Fsp3) is 0.312. The molecule has 1 rings (SSSR count). The van der Waals surface area contributed by atoms with E-state index in [-0.39, 0.29) is 12.3 Å². The van der Waals surface area contributed by atoms with E-state index in [2.05, 4.69) is 22.4 Å². The Kier molecular flexibility index (Phi) is 8.77. The molecule has 23 heavy (non-hydrogen) atoms. The van der Waals surface area contributed by atoms with Gasteiger partial charge in [0, 0.05) is 13.7 Å². The van der Waals surface area contributed by atoms with Crippen LogP contribution >= 0.6 is 0 Å². The second-order valence-corrected chi connectivity index (χ2v) is 4.48. The number of amides is 2. The molecule has 0 atom stereocenters. The molecule has 124 valence electrons. The summed E-state index contributed by atoms with van der Waals surface area (Å²) in [7, 11) is 1.53. The Morgan fingerprint density at radius 2 is 2.00 bits per heavy atom. The van der Waals surface area contributed by atoms with E-state index in [0.717, 1.165) is 11.3 Å². The van der Waals surface area contributed by atoms with Gasteiger partial charge in [-0.3, -0.25) is 9.59 Å². The van der Waals surface area contributed by atoms with Gasteiger partial charge in [0.05, 0.1) is 12.8 Å². The van der Waals surface area contributed by atoms with Gasteiger partial charge in [0.15, 0.2) is 0 Å². The van der Waals surface area contributed by atoms with Gasteiger partial charge in [-0.2, -0.15) is 5.10 Å². The van der Waals surface area contributed by atoms with Crippen molar-refractivity contribution < 1.29 is 19.1 Å². The molecule has 0 aliphatic rings. The van der Waals surface area contributed by atoms with E-state index >= 15 is 0 Å². The molecule has 0 radical (unpaired) electrons. The van der Waals surface area contributed by atoms with E-state index in [1.165, 1.54) is 13.3 Å². The lowest BCUT2D eigenvalue weighted by atomic mass is 10.2. The molecule has 0 heterocycles. The zero-order valence-corrected chi connectivity index (χ0v) is 13.1. The number of benzene rings is 1. The van der Waals surface area contributed by atoms with Crippen LogP contribution in [-0.2, 0) is 14.3 Å². The van der Waals surface area contributed by atoms with Crippen molar-refractivity contribution in [2.75, 3.05) is 26.9 Å². The lowest BCUT2D eigenvalue weighted by Crippen LogP contribution is -2.31. The highest BCUT2D eigenvalue weighted by Gasteiger charge is 2.07. The Labute approximate surface area is 135 Å². The topological polar surface area (TPSA) is 89.0 Å². The molecule has 0 bridgehead atoms. The van der Waals surface area contributed by atoms with E-state index in [0.29, 0.717) is 19.8 Å². The van der Waals surface area contributed by atoms with E-state index in [1.807, 2.05) is 0 Å². The summed E-state index contributed by atoms with van der Waals surface area (Å²) in [4.78, 5) is 22.9. The van der Waals surface area contributed by atoms with E-state index in [1.54, 1.807) is 30.3 Å². The zero-order chi connectivity index (χ0) is 16.9. The predicted octanol–water partition coefficient (Wildman–Crippen LogP) is 0.854. The van der Waals surface area contributed by atoms with Gasteiger partial charge < -0.3 is 14.8 Å². The highest BCUT2D eigenvalue weighted by molar-refractivity contribution is 5.97. The van der Waals surface area contributed by atoms with Crippen molar-refractivity contribution in [3.8, 4) is 5.75 Å². The van der Waals surface area contributed by atoms with Crippen molar-refractivity contribution in [2.24, 2.45) is 5.10 Å². The first-order chi connectivity index (χ1) is 11.2. The zero-order valence-electron chi connectivity index (χ0n) is 13.1. The molecule has 1 aromatic carbocycles. The number of hydrogen-bond donors (Lipinski definition) is 2. The number of hydrazone groups is 1. The summed E-state index contributed by atoms with van der Waals surface area (Å²) < 4.78 is 10.1. The van der Waals surface area contributed by atoms with Crippen molar-refractivity contribution in [2.45, 2.75) is 6.42 Å². The SMILES string of the molecule is C=CCOc1ccc(C=NNC(=O)CC(=O)NCCOC)cc1. The third kappa shape index (κ3) is 8.37. The summed E-state index contributed by atoms with van der Waals surface area (Å²) in [5, 5.41) is 6.34. The van der Waals surface area contributed by atoms with E-state index in [9.17, 15) is 9.59 Å². The molecule has 0 aliphatic heterocycles. The van der Waals surface area contributed by atoms with Crippen LogP contribution < -0.4 is 15.5 Å². The van der Waals surface area contributed by atoms with Crippen molar-refractivity contribution >= 4 is 18.0 Å². The molecule has 0 fully saturated rings. The standard InChI is InChI=1S/C16H21N3O4/c1-3-9-23-14-6-4-13(5-7-14)12-18-19-16(21)11-15(20)17-8-10-22-2/h3-7,12H,1,8-11H2,2H3,(H,17,20)(H,19,21). The Morgan fingerprint density at radius 1 is 1.26 bits per heavy atom.